The van der Waals surface area contributed by atoms with E-state index in [0.717, 1.165) is 23.1 Å². The number of aryl methyl sites for hydroxylation is 1. The van der Waals surface area contributed by atoms with Gasteiger partial charge < -0.3 is 4.79 Å². The van der Waals surface area contributed by atoms with E-state index >= 15 is 0 Å². The number of aromatic nitrogens is 1. The molecule has 0 aromatic carbocycles. The van der Waals surface area contributed by atoms with Crippen LogP contribution >= 0.6 is 0 Å². The standard InChI is InChI=1S/C14H19NO2/c1-4-12-10(2)8-15-9-13(12)14(17)7-5-6-11(3)16/h8-9H,4-7H2,1-3H3. The fourth-order valence-electron chi connectivity index (χ4n) is 1.93. The van der Waals surface area contributed by atoms with Gasteiger partial charge in [0.15, 0.2) is 5.78 Å². The first kappa shape index (κ1) is 13.6. The van der Waals surface area contributed by atoms with Gasteiger partial charge in [-0.25, -0.2) is 0 Å². The molecule has 0 saturated heterocycles. The number of pyridine rings is 1. The second-order valence-electron chi connectivity index (χ2n) is 4.31. The van der Waals surface area contributed by atoms with Crippen LogP contribution in [0.15, 0.2) is 12.4 Å². The minimum Gasteiger partial charge on any atom is -0.300 e. The molecule has 0 bridgehead atoms. The predicted octanol–water partition coefficient (Wildman–Crippen LogP) is 2.89. The van der Waals surface area contributed by atoms with Gasteiger partial charge in [-0.3, -0.25) is 9.78 Å². The van der Waals surface area contributed by atoms with Crippen molar-refractivity contribution in [3.63, 3.8) is 0 Å². The lowest BCUT2D eigenvalue weighted by Crippen LogP contribution is -2.06. The van der Waals surface area contributed by atoms with E-state index < -0.39 is 0 Å². The van der Waals surface area contributed by atoms with Gasteiger partial charge in [-0.1, -0.05) is 6.92 Å². The molecule has 92 valence electrons. The number of carbonyl (C=O) groups is 2. The fourth-order valence-corrected chi connectivity index (χ4v) is 1.93. The zero-order valence-electron chi connectivity index (χ0n) is 10.7. The van der Waals surface area contributed by atoms with Crippen LogP contribution in [0.2, 0.25) is 0 Å². The molecule has 0 spiro atoms. The lowest BCUT2D eigenvalue weighted by Gasteiger charge is -2.08. The molecule has 0 atom stereocenters. The van der Waals surface area contributed by atoms with E-state index in [1.165, 1.54) is 0 Å². The molecule has 0 aliphatic heterocycles. The zero-order chi connectivity index (χ0) is 12.8. The van der Waals surface area contributed by atoms with Crippen molar-refractivity contribution in [2.24, 2.45) is 0 Å². The maximum atomic E-state index is 12.0. The van der Waals surface area contributed by atoms with Gasteiger partial charge in [0.05, 0.1) is 0 Å². The second-order valence-corrected chi connectivity index (χ2v) is 4.31. The smallest absolute Gasteiger partial charge is 0.164 e. The molecule has 0 unspecified atom stereocenters. The van der Waals surface area contributed by atoms with Gasteiger partial charge in [0.2, 0.25) is 0 Å². The molecule has 0 fully saturated rings. The van der Waals surface area contributed by atoms with Gasteiger partial charge in [-0.15, -0.1) is 0 Å². The summed E-state index contributed by atoms with van der Waals surface area (Å²) in [7, 11) is 0. The van der Waals surface area contributed by atoms with Crippen LogP contribution in [0.5, 0.6) is 0 Å². The Morgan fingerprint density at radius 2 is 1.94 bits per heavy atom. The van der Waals surface area contributed by atoms with Crippen molar-refractivity contribution in [2.45, 2.75) is 46.5 Å². The molecule has 3 heteroatoms. The van der Waals surface area contributed by atoms with Crippen molar-refractivity contribution in [3.8, 4) is 0 Å². The van der Waals surface area contributed by atoms with E-state index in [0.29, 0.717) is 19.3 Å². The molecule has 1 rings (SSSR count). The monoisotopic (exact) mass is 233 g/mol. The Kier molecular flexibility index (Phi) is 5.01. The van der Waals surface area contributed by atoms with Gasteiger partial charge in [0.1, 0.15) is 5.78 Å². The van der Waals surface area contributed by atoms with Gasteiger partial charge >= 0.3 is 0 Å². The first-order chi connectivity index (χ1) is 8.06. The van der Waals surface area contributed by atoms with E-state index in [1.54, 1.807) is 19.3 Å². The Labute approximate surface area is 102 Å². The molecule has 17 heavy (non-hydrogen) atoms. The van der Waals surface area contributed by atoms with Crippen LogP contribution in [-0.2, 0) is 11.2 Å². The quantitative estimate of drug-likeness (QED) is 0.710. The molecule has 0 amide bonds. The zero-order valence-corrected chi connectivity index (χ0v) is 10.7. The number of rotatable bonds is 6. The summed E-state index contributed by atoms with van der Waals surface area (Å²) in [6.07, 6.45) is 5.80. The first-order valence-electron chi connectivity index (χ1n) is 6.02. The van der Waals surface area contributed by atoms with Crippen molar-refractivity contribution in [1.82, 2.24) is 4.98 Å². The van der Waals surface area contributed by atoms with Crippen LogP contribution in [0.25, 0.3) is 0 Å². The van der Waals surface area contributed by atoms with E-state index in [-0.39, 0.29) is 11.6 Å². The first-order valence-corrected chi connectivity index (χ1v) is 6.02. The molecule has 1 heterocycles. The van der Waals surface area contributed by atoms with Gasteiger partial charge in [-0.2, -0.15) is 0 Å². The summed E-state index contributed by atoms with van der Waals surface area (Å²) in [5, 5.41) is 0. The third-order valence-electron chi connectivity index (χ3n) is 2.86. The third kappa shape index (κ3) is 3.77. The van der Waals surface area contributed by atoms with Crippen LogP contribution in [0, 0.1) is 6.92 Å². The summed E-state index contributed by atoms with van der Waals surface area (Å²) < 4.78 is 0. The normalized spacial score (nSPS) is 10.3. The van der Waals surface area contributed by atoms with Crippen LogP contribution in [0.3, 0.4) is 0 Å². The summed E-state index contributed by atoms with van der Waals surface area (Å²) in [6, 6.07) is 0. The largest absolute Gasteiger partial charge is 0.300 e. The van der Waals surface area contributed by atoms with Gasteiger partial charge in [0.25, 0.3) is 0 Å². The molecule has 0 N–H and O–H groups in total. The van der Waals surface area contributed by atoms with E-state index in [2.05, 4.69) is 4.98 Å². The highest BCUT2D eigenvalue weighted by molar-refractivity contribution is 5.97. The molecule has 0 aliphatic rings. The Morgan fingerprint density at radius 3 is 2.53 bits per heavy atom. The molecular formula is C14H19NO2. The van der Waals surface area contributed by atoms with Crippen LogP contribution < -0.4 is 0 Å². The molecule has 1 aromatic heterocycles. The van der Waals surface area contributed by atoms with Crippen molar-refractivity contribution < 1.29 is 9.59 Å². The molecule has 1 aromatic rings. The van der Waals surface area contributed by atoms with Crippen molar-refractivity contribution in [1.29, 1.82) is 0 Å². The highest BCUT2D eigenvalue weighted by Gasteiger charge is 2.12. The number of hydrogen-bond donors (Lipinski definition) is 0. The van der Waals surface area contributed by atoms with Crippen LogP contribution in [-0.4, -0.2) is 16.6 Å². The number of carbonyl (C=O) groups excluding carboxylic acids is 2. The maximum absolute atomic E-state index is 12.0. The number of Topliss-reactive ketones (excluding diaryl/α,β-unsaturated/α-hetero) is 2. The minimum atomic E-state index is 0.0966. The second kappa shape index (κ2) is 6.28. The Balaban J connectivity index is 2.75. The Morgan fingerprint density at radius 1 is 1.24 bits per heavy atom. The summed E-state index contributed by atoms with van der Waals surface area (Å²) in [5.41, 5.74) is 2.86. The maximum Gasteiger partial charge on any atom is 0.164 e. The Hall–Kier alpha value is -1.51. The van der Waals surface area contributed by atoms with Crippen molar-refractivity contribution >= 4 is 11.6 Å². The number of hydrogen-bond acceptors (Lipinski definition) is 3. The lowest BCUT2D eigenvalue weighted by molar-refractivity contribution is -0.117. The number of ketones is 2. The van der Waals surface area contributed by atoms with Gasteiger partial charge in [-0.05, 0) is 37.8 Å². The topological polar surface area (TPSA) is 47.0 Å². The van der Waals surface area contributed by atoms with Crippen LogP contribution in [0.1, 0.15) is 54.6 Å². The number of nitrogens with zero attached hydrogens (tertiary/aromatic N) is 1. The highest BCUT2D eigenvalue weighted by Crippen LogP contribution is 2.16. The van der Waals surface area contributed by atoms with E-state index in [1.807, 2.05) is 13.8 Å². The summed E-state index contributed by atoms with van der Waals surface area (Å²) in [4.78, 5) is 26.9. The van der Waals surface area contributed by atoms with E-state index in [4.69, 9.17) is 0 Å². The van der Waals surface area contributed by atoms with Crippen LogP contribution in [0.4, 0.5) is 0 Å². The fraction of sp³-hybridized carbons (Fsp3) is 0.500. The average molecular weight is 233 g/mol. The van der Waals surface area contributed by atoms with Crippen molar-refractivity contribution in [2.75, 3.05) is 0 Å². The third-order valence-corrected chi connectivity index (χ3v) is 2.86. The van der Waals surface area contributed by atoms with E-state index in [9.17, 15) is 9.59 Å². The minimum absolute atomic E-state index is 0.0966. The predicted molar refractivity (Wildman–Crippen MR) is 67.2 cm³/mol. The molecule has 0 radical (unpaired) electrons. The Bertz CT molecular complexity index is 424. The highest BCUT2D eigenvalue weighted by atomic mass is 16.1. The summed E-state index contributed by atoms with van der Waals surface area (Å²) in [5.74, 6) is 0.232. The van der Waals surface area contributed by atoms with Gasteiger partial charge in [0, 0.05) is 30.8 Å². The van der Waals surface area contributed by atoms with Crippen molar-refractivity contribution in [3.05, 3.63) is 29.1 Å². The lowest BCUT2D eigenvalue weighted by atomic mass is 9.97. The summed E-state index contributed by atoms with van der Waals surface area (Å²) in [6.45, 7) is 5.56. The molecule has 0 saturated carbocycles. The molecule has 3 nitrogen and oxygen atoms in total. The SMILES string of the molecule is CCc1c(C)cncc1C(=O)CCCC(C)=O. The molecule has 0 aliphatic carbocycles. The average Bonchev–Trinajstić information content (AvgIpc) is 2.28. The summed E-state index contributed by atoms with van der Waals surface area (Å²) >= 11 is 0. The molecular weight excluding hydrogens is 214 g/mol.